The number of benzene rings is 1. The Labute approximate surface area is 234 Å². The van der Waals surface area contributed by atoms with Crippen LogP contribution in [0.15, 0.2) is 23.2 Å². The molecule has 1 aliphatic heterocycles. The summed E-state index contributed by atoms with van der Waals surface area (Å²) in [7, 11) is -4.04. The summed E-state index contributed by atoms with van der Waals surface area (Å²) in [5.41, 5.74) is -1.49. The number of carbonyl (C=O) groups excluding carboxylic acids is 1. The maximum atomic E-state index is 13.3. The molecule has 7 nitrogen and oxygen atoms in total. The lowest BCUT2D eigenvalue weighted by atomic mass is 9.38. The SMILES string of the molecule is CC1(C)N=C(C23CC(N(Cc4ccc(Cl)c(Cl)c4)S(=O)(=O)CCC(F)F)(C2)C3)N[C@H]1C(=O)NC[C@H]1CC1(F)F. The summed E-state index contributed by atoms with van der Waals surface area (Å²) in [5, 5.41) is 6.35. The first-order valence-corrected chi connectivity index (χ1v) is 15.1. The smallest absolute Gasteiger partial charge is 0.253 e. The number of sulfonamides is 1. The molecule has 1 aromatic carbocycles. The molecule has 0 aromatic heterocycles. The molecule has 0 radical (unpaired) electrons. The van der Waals surface area contributed by atoms with Crippen molar-refractivity contribution in [3.05, 3.63) is 33.8 Å². The molecule has 6 rings (SSSR count). The van der Waals surface area contributed by atoms with E-state index in [1.165, 1.54) is 4.31 Å². The molecular formula is C25H30Cl2F4N4O3S. The van der Waals surface area contributed by atoms with E-state index in [9.17, 15) is 30.8 Å². The number of nitrogens with zero attached hydrogens (tertiary/aromatic N) is 2. The van der Waals surface area contributed by atoms with Crippen molar-refractivity contribution < 1.29 is 30.8 Å². The molecule has 1 amide bonds. The lowest BCUT2D eigenvalue weighted by Gasteiger charge is -2.73. The normalized spacial score (nSPS) is 31.8. The fourth-order valence-electron chi connectivity index (χ4n) is 6.14. The first-order chi connectivity index (χ1) is 18.0. The number of alkyl halides is 4. The van der Waals surface area contributed by atoms with Crippen molar-refractivity contribution in [2.45, 2.75) is 82.0 Å². The first-order valence-electron chi connectivity index (χ1n) is 12.7. The van der Waals surface area contributed by atoms with Crippen LogP contribution in [0.5, 0.6) is 0 Å². The third-order valence-corrected chi connectivity index (χ3v) is 11.1. The molecule has 1 heterocycles. The number of aliphatic imine (C=N–C) groups is 1. The lowest BCUT2D eigenvalue weighted by Crippen LogP contribution is -2.78. The molecule has 5 aliphatic rings. The van der Waals surface area contributed by atoms with Crippen molar-refractivity contribution in [2.75, 3.05) is 12.3 Å². The van der Waals surface area contributed by atoms with Crippen molar-refractivity contribution in [1.29, 1.82) is 0 Å². The molecule has 0 unspecified atom stereocenters. The van der Waals surface area contributed by atoms with E-state index in [1.54, 1.807) is 32.0 Å². The van der Waals surface area contributed by atoms with Gasteiger partial charge in [0.25, 0.3) is 5.92 Å². The van der Waals surface area contributed by atoms with Gasteiger partial charge in [-0.1, -0.05) is 29.3 Å². The minimum atomic E-state index is -4.04. The molecule has 2 bridgehead atoms. The highest BCUT2D eigenvalue weighted by Crippen LogP contribution is 2.71. The first kappa shape index (κ1) is 28.9. The minimum absolute atomic E-state index is 0.0409. The summed E-state index contributed by atoms with van der Waals surface area (Å²) in [5.74, 6) is -4.09. The Morgan fingerprint density at radius 3 is 2.41 bits per heavy atom. The van der Waals surface area contributed by atoms with Crippen LogP contribution >= 0.6 is 23.2 Å². The zero-order valence-electron chi connectivity index (χ0n) is 21.4. The van der Waals surface area contributed by atoms with E-state index >= 15 is 0 Å². The third-order valence-electron chi connectivity index (χ3n) is 8.40. The van der Waals surface area contributed by atoms with Gasteiger partial charge in [0.1, 0.15) is 11.9 Å². The van der Waals surface area contributed by atoms with Gasteiger partial charge in [0, 0.05) is 42.8 Å². The quantitative estimate of drug-likeness (QED) is 0.357. The van der Waals surface area contributed by atoms with Gasteiger partial charge in [-0.05, 0) is 50.8 Å². The fraction of sp³-hybridized carbons (Fsp3) is 0.680. The number of nitrogens with one attached hydrogen (secondary N) is 2. The number of rotatable bonds is 11. The van der Waals surface area contributed by atoms with E-state index in [0.29, 0.717) is 35.7 Å². The monoisotopic (exact) mass is 612 g/mol. The highest BCUT2D eigenvalue weighted by atomic mass is 35.5. The van der Waals surface area contributed by atoms with Crippen LogP contribution in [-0.4, -0.2) is 66.2 Å². The summed E-state index contributed by atoms with van der Waals surface area (Å²) in [6, 6.07) is 4.01. The van der Waals surface area contributed by atoms with Crippen LogP contribution in [0.1, 0.15) is 51.5 Å². The van der Waals surface area contributed by atoms with E-state index < -0.39 is 68.9 Å². The largest absolute Gasteiger partial charge is 0.360 e. The number of carbonyl (C=O) groups is 1. The van der Waals surface area contributed by atoms with Crippen molar-refractivity contribution in [2.24, 2.45) is 16.3 Å². The standard InChI is InChI=1S/C25H30Cl2F4N4O3S/c1-22(2)19(20(36)32-9-15-8-25(15,30)31)33-21(34-22)23-11-24(12-23,13-23)35(39(37,38)6-5-18(28)29)10-14-3-4-16(26)17(27)7-14/h3-4,7,15,18-19H,5-6,8-13H2,1-2H3,(H,32,36)(H,33,34)/t15-,19+,23?,24?/m1/s1. The van der Waals surface area contributed by atoms with Crippen LogP contribution in [0.25, 0.3) is 0 Å². The molecule has 39 heavy (non-hydrogen) atoms. The Hall–Kier alpha value is -1.63. The number of hydrogen-bond donors (Lipinski definition) is 2. The van der Waals surface area contributed by atoms with E-state index in [1.807, 2.05) is 0 Å². The maximum Gasteiger partial charge on any atom is 0.253 e. The van der Waals surface area contributed by atoms with Gasteiger partial charge >= 0.3 is 0 Å². The van der Waals surface area contributed by atoms with Crippen LogP contribution in [0.2, 0.25) is 10.0 Å². The molecule has 216 valence electrons. The molecule has 14 heteroatoms. The summed E-state index contributed by atoms with van der Waals surface area (Å²) in [6.45, 7) is 3.40. The summed E-state index contributed by atoms with van der Waals surface area (Å²) >= 11 is 12.1. The highest BCUT2D eigenvalue weighted by molar-refractivity contribution is 7.89. The van der Waals surface area contributed by atoms with Crippen molar-refractivity contribution >= 4 is 45.0 Å². The van der Waals surface area contributed by atoms with Gasteiger partial charge in [-0.15, -0.1) is 0 Å². The second-order valence-electron chi connectivity index (χ2n) is 11.9. The predicted octanol–water partition coefficient (Wildman–Crippen LogP) is 4.62. The molecule has 4 fully saturated rings. The van der Waals surface area contributed by atoms with Crippen molar-refractivity contribution in [1.82, 2.24) is 14.9 Å². The van der Waals surface area contributed by atoms with Crippen LogP contribution in [0.4, 0.5) is 17.6 Å². The van der Waals surface area contributed by atoms with E-state index in [4.69, 9.17) is 28.2 Å². The van der Waals surface area contributed by atoms with Gasteiger partial charge in [0.05, 0.1) is 21.3 Å². The Balaban J connectivity index is 1.29. The van der Waals surface area contributed by atoms with Crippen LogP contribution in [0.3, 0.4) is 0 Å². The summed E-state index contributed by atoms with van der Waals surface area (Å²) in [4.78, 5) is 17.6. The number of halogens is 6. The second kappa shape index (κ2) is 9.46. The highest BCUT2D eigenvalue weighted by Gasteiger charge is 2.75. The molecule has 4 saturated carbocycles. The predicted molar refractivity (Wildman–Crippen MR) is 140 cm³/mol. The lowest BCUT2D eigenvalue weighted by molar-refractivity contribution is -0.151. The van der Waals surface area contributed by atoms with Gasteiger partial charge in [-0.2, -0.15) is 4.31 Å². The molecule has 2 N–H and O–H groups in total. The average Bonchev–Trinajstić information content (AvgIpc) is 3.26. The minimum Gasteiger partial charge on any atom is -0.360 e. The number of amidine groups is 1. The number of amides is 1. The Morgan fingerprint density at radius 2 is 1.85 bits per heavy atom. The second-order valence-corrected chi connectivity index (χ2v) is 14.7. The summed E-state index contributed by atoms with van der Waals surface area (Å²) in [6.07, 6.45) is -2.51. The summed E-state index contributed by atoms with van der Waals surface area (Å²) < 4.78 is 80.2. The molecular weight excluding hydrogens is 583 g/mol. The molecule has 4 aliphatic carbocycles. The van der Waals surface area contributed by atoms with Gasteiger partial charge < -0.3 is 10.6 Å². The van der Waals surface area contributed by atoms with Gasteiger partial charge in [-0.25, -0.2) is 26.0 Å². The zero-order chi connectivity index (χ0) is 28.6. The van der Waals surface area contributed by atoms with Gasteiger partial charge in [-0.3, -0.25) is 9.79 Å². The van der Waals surface area contributed by atoms with Crippen molar-refractivity contribution in [3.63, 3.8) is 0 Å². The van der Waals surface area contributed by atoms with Crippen LogP contribution < -0.4 is 10.6 Å². The van der Waals surface area contributed by atoms with Gasteiger partial charge in [0.2, 0.25) is 22.4 Å². The Kier molecular flexibility index (Phi) is 7.00. The van der Waals surface area contributed by atoms with Crippen LogP contribution in [-0.2, 0) is 21.4 Å². The molecule has 0 spiro atoms. The average molecular weight is 614 g/mol. The molecule has 2 atom stereocenters. The maximum absolute atomic E-state index is 13.3. The zero-order valence-corrected chi connectivity index (χ0v) is 23.7. The van der Waals surface area contributed by atoms with E-state index in [2.05, 4.69) is 10.6 Å². The topological polar surface area (TPSA) is 90.9 Å². The third kappa shape index (κ3) is 5.26. The fourth-order valence-corrected chi connectivity index (χ4v) is 8.28. The van der Waals surface area contributed by atoms with E-state index in [-0.39, 0.29) is 24.5 Å². The Bertz CT molecular complexity index is 1300. The van der Waals surface area contributed by atoms with Crippen LogP contribution in [0, 0.1) is 11.3 Å². The molecule has 0 saturated heterocycles. The number of hydrogen-bond acceptors (Lipinski definition) is 5. The van der Waals surface area contributed by atoms with Gasteiger partial charge in [0.15, 0.2) is 0 Å². The Morgan fingerprint density at radius 1 is 1.21 bits per heavy atom. The van der Waals surface area contributed by atoms with Crippen molar-refractivity contribution in [3.8, 4) is 0 Å². The molecule has 1 aromatic rings. The van der Waals surface area contributed by atoms with E-state index in [0.717, 1.165) is 0 Å².